The number of ether oxygens (including phenoxy) is 1. The van der Waals surface area contributed by atoms with Gasteiger partial charge in [-0.15, -0.1) is 0 Å². The number of carbonyl (C=O) groups excluding carboxylic acids is 2. The minimum Gasteiger partial charge on any atom is -0.493 e. The van der Waals surface area contributed by atoms with Gasteiger partial charge in [0.05, 0.1) is 25.6 Å². The monoisotopic (exact) mass is 374 g/mol. The maximum absolute atomic E-state index is 12.3. The molecule has 0 bridgehead atoms. The Balaban J connectivity index is 1.33. The van der Waals surface area contributed by atoms with Crippen LogP contribution in [-0.4, -0.2) is 25.0 Å². The Labute approximate surface area is 163 Å². The number of hydrogen-bond acceptors (Lipinski definition) is 3. The Morgan fingerprint density at radius 3 is 2.64 bits per heavy atom. The van der Waals surface area contributed by atoms with Crippen molar-refractivity contribution in [3.8, 4) is 5.75 Å². The fourth-order valence-electron chi connectivity index (χ4n) is 3.60. The number of carbonyl (C=O) groups is 2. The van der Waals surface area contributed by atoms with E-state index in [4.69, 9.17) is 4.74 Å². The highest BCUT2D eigenvalue weighted by atomic mass is 16.5. The molecule has 1 aliphatic rings. The highest BCUT2D eigenvalue weighted by Crippen LogP contribution is 2.31. The molecule has 1 atom stereocenters. The van der Waals surface area contributed by atoms with Crippen LogP contribution in [0.3, 0.4) is 0 Å². The average Bonchev–Trinajstić information content (AvgIpc) is 2.73. The molecule has 1 aliphatic heterocycles. The summed E-state index contributed by atoms with van der Waals surface area (Å²) in [6.07, 6.45) is 0.960. The molecule has 0 fully saturated rings. The van der Waals surface area contributed by atoms with Gasteiger partial charge in [-0.3, -0.25) is 9.59 Å². The molecular weight excluding hydrogens is 352 g/mol. The SMILES string of the molecule is O=C(Cc1cccc2ccccc12)NCC(=O)NC1CCOc2ccccc21. The molecule has 2 amide bonds. The summed E-state index contributed by atoms with van der Waals surface area (Å²) < 4.78 is 5.61. The van der Waals surface area contributed by atoms with Crippen LogP contribution in [0.2, 0.25) is 0 Å². The van der Waals surface area contributed by atoms with Gasteiger partial charge >= 0.3 is 0 Å². The molecule has 1 heterocycles. The van der Waals surface area contributed by atoms with Crippen LogP contribution in [0.1, 0.15) is 23.6 Å². The second-order valence-corrected chi connectivity index (χ2v) is 6.89. The fraction of sp³-hybridized carbons (Fsp3) is 0.217. The van der Waals surface area contributed by atoms with E-state index in [1.54, 1.807) is 0 Å². The number of benzene rings is 3. The van der Waals surface area contributed by atoms with Crippen LogP contribution in [0.15, 0.2) is 66.7 Å². The van der Waals surface area contributed by atoms with E-state index < -0.39 is 0 Å². The predicted octanol–water partition coefficient (Wildman–Crippen LogP) is 3.14. The minimum atomic E-state index is -0.201. The first-order valence-electron chi connectivity index (χ1n) is 9.45. The van der Waals surface area contributed by atoms with E-state index in [1.807, 2.05) is 66.7 Å². The maximum Gasteiger partial charge on any atom is 0.239 e. The highest BCUT2D eigenvalue weighted by Gasteiger charge is 2.22. The summed E-state index contributed by atoms with van der Waals surface area (Å²) in [5.41, 5.74) is 1.93. The molecular formula is C23H22N2O3. The normalized spacial score (nSPS) is 15.4. The van der Waals surface area contributed by atoms with Gasteiger partial charge in [-0.05, 0) is 22.4 Å². The number of para-hydroxylation sites is 1. The molecule has 142 valence electrons. The number of amides is 2. The Morgan fingerprint density at radius 1 is 0.929 bits per heavy atom. The molecule has 3 aromatic rings. The van der Waals surface area contributed by atoms with Crippen molar-refractivity contribution in [1.29, 1.82) is 0 Å². The van der Waals surface area contributed by atoms with Crippen molar-refractivity contribution in [3.63, 3.8) is 0 Å². The molecule has 0 aromatic heterocycles. The van der Waals surface area contributed by atoms with E-state index >= 15 is 0 Å². The predicted molar refractivity (Wildman–Crippen MR) is 108 cm³/mol. The average molecular weight is 374 g/mol. The first-order chi connectivity index (χ1) is 13.7. The molecule has 2 N–H and O–H groups in total. The molecule has 0 spiro atoms. The van der Waals surface area contributed by atoms with Gasteiger partial charge in [0.15, 0.2) is 0 Å². The lowest BCUT2D eigenvalue weighted by Gasteiger charge is -2.26. The van der Waals surface area contributed by atoms with Gasteiger partial charge in [0, 0.05) is 12.0 Å². The summed E-state index contributed by atoms with van der Waals surface area (Å²) in [6.45, 7) is 0.526. The molecule has 0 radical (unpaired) electrons. The lowest BCUT2D eigenvalue weighted by Crippen LogP contribution is -2.40. The van der Waals surface area contributed by atoms with Crippen LogP contribution in [-0.2, 0) is 16.0 Å². The van der Waals surface area contributed by atoms with Crippen LogP contribution < -0.4 is 15.4 Å². The first-order valence-corrected chi connectivity index (χ1v) is 9.45. The van der Waals surface area contributed by atoms with E-state index in [0.717, 1.165) is 27.6 Å². The molecule has 5 nitrogen and oxygen atoms in total. The summed E-state index contributed by atoms with van der Waals surface area (Å²) in [6, 6.07) is 21.5. The summed E-state index contributed by atoms with van der Waals surface area (Å²) in [4.78, 5) is 24.7. The third-order valence-corrected chi connectivity index (χ3v) is 4.97. The number of rotatable bonds is 5. The van der Waals surface area contributed by atoms with E-state index in [1.165, 1.54) is 0 Å². The van der Waals surface area contributed by atoms with Crippen LogP contribution in [0.5, 0.6) is 5.75 Å². The quantitative estimate of drug-likeness (QED) is 0.721. The Bertz CT molecular complexity index is 1010. The summed E-state index contributed by atoms with van der Waals surface area (Å²) in [7, 11) is 0. The van der Waals surface area contributed by atoms with Gasteiger partial charge in [0.25, 0.3) is 0 Å². The van der Waals surface area contributed by atoms with Crippen molar-refractivity contribution in [2.45, 2.75) is 18.9 Å². The van der Waals surface area contributed by atoms with E-state index in [-0.39, 0.29) is 30.8 Å². The number of nitrogens with one attached hydrogen (secondary N) is 2. The lowest BCUT2D eigenvalue weighted by atomic mass is 10.0. The molecule has 0 saturated carbocycles. The standard InChI is InChI=1S/C23H22N2O3/c26-22(14-17-8-5-7-16-6-1-2-9-18(16)17)24-15-23(27)25-20-12-13-28-21-11-4-3-10-19(20)21/h1-11,20H,12-15H2,(H,24,26)(H,25,27). The van der Waals surface area contributed by atoms with E-state index in [0.29, 0.717) is 13.0 Å². The number of fused-ring (bicyclic) bond motifs is 2. The van der Waals surface area contributed by atoms with Crippen LogP contribution in [0, 0.1) is 0 Å². The van der Waals surface area contributed by atoms with Gasteiger partial charge < -0.3 is 15.4 Å². The number of hydrogen-bond donors (Lipinski definition) is 2. The molecule has 3 aromatic carbocycles. The minimum absolute atomic E-state index is 0.0386. The van der Waals surface area contributed by atoms with Gasteiger partial charge in [0.1, 0.15) is 5.75 Å². The Kier molecular flexibility index (Phi) is 5.24. The first kappa shape index (κ1) is 18.0. The zero-order valence-electron chi connectivity index (χ0n) is 15.5. The lowest BCUT2D eigenvalue weighted by molar-refractivity contribution is -0.126. The smallest absolute Gasteiger partial charge is 0.239 e. The summed E-state index contributed by atoms with van der Waals surface area (Å²) >= 11 is 0. The van der Waals surface area contributed by atoms with Gasteiger partial charge in [-0.1, -0.05) is 60.7 Å². The Morgan fingerprint density at radius 2 is 1.71 bits per heavy atom. The van der Waals surface area contributed by atoms with Gasteiger partial charge in [0.2, 0.25) is 11.8 Å². The van der Waals surface area contributed by atoms with Crippen molar-refractivity contribution in [2.24, 2.45) is 0 Å². The second kappa shape index (κ2) is 8.13. The van der Waals surface area contributed by atoms with Crippen molar-refractivity contribution >= 4 is 22.6 Å². The van der Waals surface area contributed by atoms with Crippen LogP contribution >= 0.6 is 0 Å². The largest absolute Gasteiger partial charge is 0.493 e. The van der Waals surface area contributed by atoms with Crippen LogP contribution in [0.4, 0.5) is 0 Å². The molecule has 4 rings (SSSR count). The topological polar surface area (TPSA) is 67.4 Å². The summed E-state index contributed by atoms with van der Waals surface area (Å²) in [5.74, 6) is 0.436. The van der Waals surface area contributed by atoms with E-state index in [2.05, 4.69) is 10.6 Å². The van der Waals surface area contributed by atoms with Gasteiger partial charge in [-0.2, -0.15) is 0 Å². The van der Waals surface area contributed by atoms with Crippen molar-refractivity contribution in [2.75, 3.05) is 13.2 Å². The third kappa shape index (κ3) is 3.98. The molecule has 1 unspecified atom stereocenters. The third-order valence-electron chi connectivity index (χ3n) is 4.97. The van der Waals surface area contributed by atoms with Crippen molar-refractivity contribution in [3.05, 3.63) is 77.9 Å². The molecule has 5 heteroatoms. The zero-order valence-corrected chi connectivity index (χ0v) is 15.5. The van der Waals surface area contributed by atoms with Gasteiger partial charge in [-0.25, -0.2) is 0 Å². The molecule has 0 aliphatic carbocycles. The second-order valence-electron chi connectivity index (χ2n) is 6.89. The summed E-state index contributed by atoms with van der Waals surface area (Å²) in [5, 5.41) is 7.88. The van der Waals surface area contributed by atoms with Crippen LogP contribution in [0.25, 0.3) is 10.8 Å². The molecule has 28 heavy (non-hydrogen) atoms. The van der Waals surface area contributed by atoms with Crippen molar-refractivity contribution in [1.82, 2.24) is 10.6 Å². The zero-order chi connectivity index (χ0) is 19.3. The molecule has 0 saturated heterocycles. The van der Waals surface area contributed by atoms with Crippen molar-refractivity contribution < 1.29 is 14.3 Å². The fourth-order valence-corrected chi connectivity index (χ4v) is 3.60. The van der Waals surface area contributed by atoms with E-state index in [9.17, 15) is 9.59 Å². The maximum atomic E-state index is 12.3. The Hall–Kier alpha value is -3.34. The highest BCUT2D eigenvalue weighted by molar-refractivity contribution is 5.91.